The molecular weight excluding hydrogens is 244 g/mol. The fourth-order valence-corrected chi connectivity index (χ4v) is 3.76. The Balaban J connectivity index is 1.88. The molecule has 0 aliphatic carbocycles. The van der Waals surface area contributed by atoms with Gasteiger partial charge in [0.2, 0.25) is 0 Å². The summed E-state index contributed by atoms with van der Waals surface area (Å²) in [6.07, 6.45) is 9.63. The lowest BCUT2D eigenvalue weighted by Crippen LogP contribution is -2.14. The van der Waals surface area contributed by atoms with E-state index in [2.05, 4.69) is 21.1 Å². The van der Waals surface area contributed by atoms with E-state index in [9.17, 15) is 4.79 Å². The molecule has 1 fully saturated rings. The van der Waals surface area contributed by atoms with Gasteiger partial charge in [-0.05, 0) is 30.7 Å². The molecule has 94 valence electrons. The predicted octanol–water partition coefficient (Wildman–Crippen LogP) is 2.98. The number of aldehydes is 1. The van der Waals surface area contributed by atoms with E-state index in [4.69, 9.17) is 0 Å². The summed E-state index contributed by atoms with van der Waals surface area (Å²) in [7, 11) is 0. The lowest BCUT2D eigenvalue weighted by atomic mass is 10.1. The highest BCUT2D eigenvalue weighted by Crippen LogP contribution is 2.27. The van der Waals surface area contributed by atoms with Gasteiger partial charge in [-0.15, -0.1) is 0 Å². The minimum atomic E-state index is 0.684. The zero-order chi connectivity index (χ0) is 12.4. The van der Waals surface area contributed by atoms with Crippen LogP contribution in [0.25, 0.3) is 5.52 Å². The third kappa shape index (κ3) is 2.29. The van der Waals surface area contributed by atoms with Crippen molar-refractivity contribution in [3.8, 4) is 0 Å². The molecule has 4 heteroatoms. The quantitative estimate of drug-likeness (QED) is 0.796. The number of imidazole rings is 1. The Bertz CT molecular complexity index is 558. The number of fused-ring (bicyclic) bond motifs is 1. The Morgan fingerprint density at radius 1 is 1.44 bits per heavy atom. The van der Waals surface area contributed by atoms with Crippen LogP contribution in [0.5, 0.6) is 0 Å². The molecule has 2 aromatic rings. The summed E-state index contributed by atoms with van der Waals surface area (Å²) < 4.78 is 2.05. The first-order chi connectivity index (χ1) is 8.86. The maximum atomic E-state index is 10.8. The van der Waals surface area contributed by atoms with Gasteiger partial charge in [-0.2, -0.15) is 11.8 Å². The highest BCUT2D eigenvalue weighted by atomic mass is 32.2. The molecule has 0 aromatic carbocycles. The van der Waals surface area contributed by atoms with Crippen LogP contribution in [-0.4, -0.2) is 26.7 Å². The largest absolute Gasteiger partial charge is 0.303 e. The van der Waals surface area contributed by atoms with Crippen LogP contribution in [0.4, 0.5) is 0 Å². The summed E-state index contributed by atoms with van der Waals surface area (Å²) in [6.45, 7) is 0. The third-order valence-corrected chi connectivity index (χ3v) is 4.85. The monoisotopic (exact) mass is 260 g/mol. The minimum absolute atomic E-state index is 0.684. The van der Waals surface area contributed by atoms with Crippen molar-refractivity contribution in [3.63, 3.8) is 0 Å². The van der Waals surface area contributed by atoms with Crippen LogP contribution in [0.1, 0.15) is 35.4 Å². The molecule has 0 bridgehead atoms. The smallest absolute Gasteiger partial charge is 0.151 e. The van der Waals surface area contributed by atoms with Gasteiger partial charge in [-0.3, -0.25) is 4.79 Å². The van der Waals surface area contributed by atoms with Gasteiger partial charge in [0, 0.05) is 23.4 Å². The second-order valence-electron chi connectivity index (χ2n) is 4.74. The zero-order valence-corrected chi connectivity index (χ0v) is 11.0. The Kier molecular flexibility index (Phi) is 3.37. The van der Waals surface area contributed by atoms with E-state index >= 15 is 0 Å². The molecule has 2 aromatic heterocycles. The number of carbonyl (C=O) groups is 1. The fraction of sp³-hybridized carbons (Fsp3) is 0.429. The lowest BCUT2D eigenvalue weighted by Gasteiger charge is -2.20. The Hall–Kier alpha value is -1.29. The molecule has 0 radical (unpaired) electrons. The van der Waals surface area contributed by atoms with Crippen molar-refractivity contribution in [1.29, 1.82) is 0 Å². The molecule has 18 heavy (non-hydrogen) atoms. The summed E-state index contributed by atoms with van der Waals surface area (Å²) in [5.41, 5.74) is 1.77. The second kappa shape index (κ2) is 5.14. The summed E-state index contributed by atoms with van der Waals surface area (Å²) in [6, 6.07) is 3.79. The van der Waals surface area contributed by atoms with E-state index in [0.29, 0.717) is 10.8 Å². The molecule has 1 saturated heterocycles. The predicted molar refractivity (Wildman–Crippen MR) is 74.4 cm³/mol. The maximum Gasteiger partial charge on any atom is 0.151 e. The Morgan fingerprint density at radius 2 is 2.39 bits per heavy atom. The van der Waals surface area contributed by atoms with Crippen molar-refractivity contribution in [2.75, 3.05) is 5.75 Å². The summed E-state index contributed by atoms with van der Waals surface area (Å²) in [5, 5.41) is 0.684. The van der Waals surface area contributed by atoms with E-state index in [-0.39, 0.29) is 0 Å². The summed E-state index contributed by atoms with van der Waals surface area (Å²) in [5.74, 6) is 2.35. The molecule has 0 saturated carbocycles. The van der Waals surface area contributed by atoms with Gasteiger partial charge >= 0.3 is 0 Å². The van der Waals surface area contributed by atoms with Crippen molar-refractivity contribution < 1.29 is 4.79 Å². The SMILES string of the molecule is O=Cc1ccc2cnc(CC3CCCCS3)n2c1. The fourth-order valence-electron chi connectivity index (χ4n) is 2.45. The number of rotatable bonds is 3. The van der Waals surface area contributed by atoms with Crippen molar-refractivity contribution in [2.24, 2.45) is 0 Å². The van der Waals surface area contributed by atoms with Crippen molar-refractivity contribution in [1.82, 2.24) is 9.38 Å². The average Bonchev–Trinajstić information content (AvgIpc) is 2.82. The maximum absolute atomic E-state index is 10.8. The number of hydrogen-bond donors (Lipinski definition) is 0. The van der Waals surface area contributed by atoms with Gasteiger partial charge in [0.15, 0.2) is 6.29 Å². The number of carbonyl (C=O) groups excluding carboxylic acids is 1. The molecule has 1 aliphatic rings. The first-order valence-corrected chi connectivity index (χ1v) is 7.44. The van der Waals surface area contributed by atoms with Crippen LogP contribution >= 0.6 is 11.8 Å². The third-order valence-electron chi connectivity index (χ3n) is 3.45. The zero-order valence-electron chi connectivity index (χ0n) is 10.2. The molecule has 0 spiro atoms. The first kappa shape index (κ1) is 11.8. The van der Waals surface area contributed by atoms with E-state index in [1.807, 2.05) is 24.5 Å². The van der Waals surface area contributed by atoms with E-state index in [0.717, 1.165) is 24.0 Å². The average molecular weight is 260 g/mol. The van der Waals surface area contributed by atoms with Crippen molar-refractivity contribution in [3.05, 3.63) is 35.9 Å². The number of pyridine rings is 1. The summed E-state index contributed by atoms with van der Waals surface area (Å²) in [4.78, 5) is 15.3. The highest BCUT2D eigenvalue weighted by molar-refractivity contribution is 7.99. The van der Waals surface area contributed by atoms with Crippen LogP contribution in [0.15, 0.2) is 24.5 Å². The molecule has 3 nitrogen and oxygen atoms in total. The number of thioether (sulfide) groups is 1. The van der Waals surface area contributed by atoms with Crippen molar-refractivity contribution in [2.45, 2.75) is 30.9 Å². The Morgan fingerprint density at radius 3 is 3.17 bits per heavy atom. The molecule has 1 aliphatic heterocycles. The second-order valence-corrected chi connectivity index (χ2v) is 6.15. The van der Waals surface area contributed by atoms with E-state index in [1.54, 1.807) is 0 Å². The molecule has 3 rings (SSSR count). The lowest BCUT2D eigenvalue weighted by molar-refractivity contribution is 0.112. The highest BCUT2D eigenvalue weighted by Gasteiger charge is 2.16. The number of hydrogen-bond acceptors (Lipinski definition) is 3. The van der Waals surface area contributed by atoms with Crippen LogP contribution < -0.4 is 0 Å². The van der Waals surface area contributed by atoms with Gasteiger partial charge in [0.05, 0.1) is 11.7 Å². The molecule has 3 heterocycles. The standard InChI is InChI=1S/C14H16N2OS/c17-10-11-4-5-12-8-15-14(16(12)9-11)7-13-3-1-2-6-18-13/h4-5,8-10,13H,1-3,6-7H2. The Labute approximate surface area is 111 Å². The molecule has 1 unspecified atom stereocenters. The topological polar surface area (TPSA) is 34.4 Å². The van der Waals surface area contributed by atoms with Gasteiger partial charge in [-0.25, -0.2) is 4.98 Å². The summed E-state index contributed by atoms with van der Waals surface area (Å²) >= 11 is 2.06. The number of aromatic nitrogens is 2. The molecule has 1 atom stereocenters. The van der Waals surface area contributed by atoms with Gasteiger partial charge < -0.3 is 4.40 Å². The van der Waals surface area contributed by atoms with Crippen LogP contribution in [0.3, 0.4) is 0 Å². The van der Waals surface area contributed by atoms with E-state index in [1.165, 1.54) is 25.0 Å². The van der Waals surface area contributed by atoms with E-state index < -0.39 is 0 Å². The molecule has 0 amide bonds. The van der Waals surface area contributed by atoms with Crippen LogP contribution in [0.2, 0.25) is 0 Å². The van der Waals surface area contributed by atoms with Gasteiger partial charge in [0.1, 0.15) is 5.82 Å². The normalized spacial score (nSPS) is 20.1. The molecule has 0 N–H and O–H groups in total. The van der Waals surface area contributed by atoms with Gasteiger partial charge in [-0.1, -0.05) is 6.42 Å². The van der Waals surface area contributed by atoms with Crippen molar-refractivity contribution >= 4 is 23.6 Å². The first-order valence-electron chi connectivity index (χ1n) is 6.39. The van der Waals surface area contributed by atoms with Crippen LogP contribution in [0, 0.1) is 0 Å². The number of nitrogens with zero attached hydrogens (tertiary/aromatic N) is 2. The van der Waals surface area contributed by atoms with Crippen LogP contribution in [-0.2, 0) is 6.42 Å². The van der Waals surface area contributed by atoms with Gasteiger partial charge in [0.25, 0.3) is 0 Å². The minimum Gasteiger partial charge on any atom is -0.303 e. The molecular formula is C14H16N2OS.